The van der Waals surface area contributed by atoms with Gasteiger partial charge in [-0.3, -0.25) is 9.59 Å². The van der Waals surface area contributed by atoms with E-state index in [0.29, 0.717) is 18.8 Å². The summed E-state index contributed by atoms with van der Waals surface area (Å²) in [4.78, 5) is 25.3. The summed E-state index contributed by atoms with van der Waals surface area (Å²) in [5.74, 6) is 1.09. The molecule has 0 saturated heterocycles. The number of hydrogen-bond donors (Lipinski definition) is 1. The van der Waals surface area contributed by atoms with Crippen molar-refractivity contribution in [1.82, 2.24) is 0 Å². The van der Waals surface area contributed by atoms with Gasteiger partial charge in [0.2, 0.25) is 0 Å². The standard InChI is InChI=1S/C38H72O6SSi2/c1-16-17-21-28(2)26-29(43-46(12,13)37(6,7)8)23-24-30-31(44-47(14,15)38(9,10)11)27-32(42-35(41)36(3,4)5)34(30)45-25-20-18-19-22-33(39)40/h23-24,28-31H,16-22,25-27H2,1-15H3,(H,39,40)/t28-,29-,30+,31-/m1/s1. The molecule has 0 aliphatic heterocycles. The summed E-state index contributed by atoms with van der Waals surface area (Å²) in [6, 6.07) is 0. The maximum Gasteiger partial charge on any atom is 0.316 e. The molecule has 0 spiro atoms. The van der Waals surface area contributed by atoms with Gasteiger partial charge in [0.05, 0.1) is 17.6 Å². The lowest BCUT2D eigenvalue weighted by Crippen LogP contribution is -2.45. The third-order valence-electron chi connectivity index (χ3n) is 10.2. The first-order valence-electron chi connectivity index (χ1n) is 18.2. The Morgan fingerprint density at radius 2 is 1.53 bits per heavy atom. The maximum absolute atomic E-state index is 13.2. The van der Waals surface area contributed by atoms with E-state index < -0.39 is 28.0 Å². The van der Waals surface area contributed by atoms with Crippen LogP contribution in [0.15, 0.2) is 22.8 Å². The normalized spacial score (nSPS) is 19.8. The van der Waals surface area contributed by atoms with Crippen LogP contribution in [-0.2, 0) is 23.2 Å². The van der Waals surface area contributed by atoms with Crippen molar-refractivity contribution in [3.8, 4) is 0 Å². The van der Waals surface area contributed by atoms with Gasteiger partial charge in [-0.25, -0.2) is 0 Å². The van der Waals surface area contributed by atoms with Gasteiger partial charge in [0.25, 0.3) is 0 Å². The number of carbonyl (C=O) groups is 2. The number of hydrogen-bond acceptors (Lipinski definition) is 6. The van der Waals surface area contributed by atoms with Crippen molar-refractivity contribution >= 4 is 40.3 Å². The summed E-state index contributed by atoms with van der Waals surface area (Å²) in [6.07, 6.45) is 12.3. The largest absolute Gasteiger partial charge is 0.481 e. The number of esters is 1. The molecule has 0 saturated carbocycles. The summed E-state index contributed by atoms with van der Waals surface area (Å²) in [6.45, 7) is 33.2. The fourth-order valence-corrected chi connectivity index (χ4v) is 8.85. The lowest BCUT2D eigenvalue weighted by atomic mass is 9.96. The van der Waals surface area contributed by atoms with E-state index in [4.69, 9.17) is 18.7 Å². The van der Waals surface area contributed by atoms with Gasteiger partial charge in [-0.1, -0.05) is 93.2 Å². The Kier molecular flexibility index (Phi) is 17.3. The van der Waals surface area contributed by atoms with E-state index in [-0.39, 0.29) is 40.6 Å². The van der Waals surface area contributed by atoms with Gasteiger partial charge in [-0.2, -0.15) is 0 Å². The molecule has 0 aromatic carbocycles. The van der Waals surface area contributed by atoms with Crippen LogP contribution in [-0.4, -0.2) is 51.6 Å². The predicted molar refractivity (Wildman–Crippen MR) is 206 cm³/mol. The van der Waals surface area contributed by atoms with Crippen LogP contribution in [0.1, 0.15) is 134 Å². The van der Waals surface area contributed by atoms with Crippen LogP contribution >= 0.6 is 11.8 Å². The van der Waals surface area contributed by atoms with Crippen LogP contribution in [0.5, 0.6) is 0 Å². The second-order valence-electron chi connectivity index (χ2n) is 17.9. The van der Waals surface area contributed by atoms with E-state index in [2.05, 4.69) is 93.7 Å². The average Bonchev–Trinajstić information content (AvgIpc) is 3.20. The zero-order chi connectivity index (χ0) is 36.4. The highest BCUT2D eigenvalue weighted by molar-refractivity contribution is 8.03. The average molecular weight is 713 g/mol. The monoisotopic (exact) mass is 712 g/mol. The highest BCUT2D eigenvalue weighted by Crippen LogP contribution is 2.47. The zero-order valence-electron chi connectivity index (χ0n) is 32.9. The predicted octanol–water partition coefficient (Wildman–Crippen LogP) is 11.7. The lowest BCUT2D eigenvalue weighted by molar-refractivity contribution is -0.148. The minimum atomic E-state index is -2.16. The van der Waals surface area contributed by atoms with Gasteiger partial charge < -0.3 is 18.7 Å². The van der Waals surface area contributed by atoms with E-state index in [1.54, 1.807) is 11.8 Å². The van der Waals surface area contributed by atoms with Crippen molar-refractivity contribution in [2.24, 2.45) is 17.3 Å². The van der Waals surface area contributed by atoms with Crippen molar-refractivity contribution in [3.63, 3.8) is 0 Å². The number of unbranched alkanes of at least 4 members (excludes halogenated alkanes) is 3. The van der Waals surface area contributed by atoms with E-state index in [0.717, 1.165) is 35.7 Å². The Hall–Kier alpha value is -0.876. The first-order chi connectivity index (χ1) is 21.3. The third kappa shape index (κ3) is 14.9. The molecule has 0 aromatic rings. The van der Waals surface area contributed by atoms with E-state index >= 15 is 0 Å². The first-order valence-corrected chi connectivity index (χ1v) is 25.0. The number of rotatable bonds is 19. The molecule has 9 heteroatoms. The molecule has 1 rings (SSSR count). The molecule has 0 bridgehead atoms. The molecule has 0 unspecified atom stereocenters. The molecule has 6 nitrogen and oxygen atoms in total. The number of carboxylic acids is 1. The van der Waals surface area contributed by atoms with Crippen LogP contribution in [0.4, 0.5) is 0 Å². The number of thioether (sulfide) groups is 1. The molecular weight excluding hydrogens is 641 g/mol. The lowest BCUT2D eigenvalue weighted by Gasteiger charge is -2.40. The van der Waals surface area contributed by atoms with Gasteiger partial charge in [-0.05, 0) is 88.0 Å². The molecule has 0 heterocycles. The fourth-order valence-electron chi connectivity index (χ4n) is 4.95. The molecule has 274 valence electrons. The van der Waals surface area contributed by atoms with Crippen molar-refractivity contribution in [1.29, 1.82) is 0 Å². The third-order valence-corrected chi connectivity index (χ3v) is 20.5. The molecule has 0 aromatic heterocycles. The van der Waals surface area contributed by atoms with Crippen molar-refractivity contribution in [3.05, 3.63) is 22.8 Å². The Bertz CT molecular complexity index is 1060. The van der Waals surface area contributed by atoms with E-state index in [1.807, 2.05) is 20.8 Å². The molecule has 47 heavy (non-hydrogen) atoms. The number of carbonyl (C=O) groups excluding carboxylic acids is 1. The van der Waals surface area contributed by atoms with E-state index in [9.17, 15) is 9.59 Å². The molecular formula is C38H72O6SSi2. The van der Waals surface area contributed by atoms with Crippen LogP contribution in [0.25, 0.3) is 0 Å². The van der Waals surface area contributed by atoms with Crippen LogP contribution < -0.4 is 0 Å². The van der Waals surface area contributed by atoms with Gasteiger partial charge >= 0.3 is 11.9 Å². The van der Waals surface area contributed by atoms with Gasteiger partial charge in [0.1, 0.15) is 5.76 Å². The molecule has 0 fully saturated rings. The van der Waals surface area contributed by atoms with Gasteiger partial charge in [0.15, 0.2) is 16.6 Å². The number of ether oxygens (including phenoxy) is 1. The summed E-state index contributed by atoms with van der Waals surface area (Å²) in [5, 5.41) is 9.20. The molecule has 1 aliphatic carbocycles. The molecule has 1 N–H and O–H groups in total. The van der Waals surface area contributed by atoms with Crippen molar-refractivity contribution in [2.45, 2.75) is 182 Å². The Morgan fingerprint density at radius 1 is 0.936 bits per heavy atom. The minimum Gasteiger partial charge on any atom is -0.481 e. The number of carboxylic acid groups (broad SMARTS) is 1. The quantitative estimate of drug-likeness (QED) is 0.0618. The molecule has 0 amide bonds. The maximum atomic E-state index is 13.2. The van der Waals surface area contributed by atoms with Crippen LogP contribution in [0.2, 0.25) is 36.3 Å². The summed E-state index contributed by atoms with van der Waals surface area (Å²) >= 11 is 1.75. The van der Waals surface area contributed by atoms with Crippen LogP contribution in [0, 0.1) is 17.3 Å². The Labute approximate surface area is 295 Å². The summed E-state index contributed by atoms with van der Waals surface area (Å²) in [7, 11) is -4.20. The Balaban J connectivity index is 3.62. The van der Waals surface area contributed by atoms with Crippen LogP contribution in [0.3, 0.4) is 0 Å². The Morgan fingerprint density at radius 3 is 2.04 bits per heavy atom. The van der Waals surface area contributed by atoms with E-state index in [1.165, 1.54) is 19.3 Å². The topological polar surface area (TPSA) is 82.1 Å². The van der Waals surface area contributed by atoms with Crippen molar-refractivity contribution in [2.75, 3.05) is 5.75 Å². The highest BCUT2D eigenvalue weighted by Gasteiger charge is 2.45. The number of aliphatic carboxylic acids is 1. The van der Waals surface area contributed by atoms with Crippen molar-refractivity contribution < 1.29 is 28.3 Å². The first kappa shape index (κ1) is 44.1. The SMILES string of the molecule is CCCC[C@@H](C)C[C@@H](C=C[C@@H]1C(SCCCCCC(=O)O)=C(OC(=O)C(C)(C)C)C[C@H]1O[Si](C)(C)C(C)(C)C)O[Si](C)(C)C(C)(C)C. The smallest absolute Gasteiger partial charge is 0.316 e. The molecule has 1 aliphatic rings. The second-order valence-corrected chi connectivity index (χ2v) is 28.6. The van der Waals surface area contributed by atoms with Gasteiger partial charge in [-0.15, -0.1) is 11.8 Å². The zero-order valence-corrected chi connectivity index (χ0v) is 35.7. The summed E-state index contributed by atoms with van der Waals surface area (Å²) in [5.41, 5.74) is -0.625. The molecule has 0 radical (unpaired) electrons. The second kappa shape index (κ2) is 18.4. The molecule has 4 atom stereocenters. The summed E-state index contributed by atoms with van der Waals surface area (Å²) < 4.78 is 20.4. The highest BCUT2D eigenvalue weighted by atomic mass is 32.2. The fraction of sp³-hybridized carbons (Fsp3) is 0.842. The minimum absolute atomic E-state index is 0.000266. The van der Waals surface area contributed by atoms with Gasteiger partial charge in [0, 0.05) is 23.7 Å².